The number of amides is 1. The number of likely N-dealkylation sites (N-methyl/N-ethyl adjacent to an activating group) is 1. The molecule has 0 radical (unpaired) electrons. The van der Waals surface area contributed by atoms with Crippen LogP contribution in [0, 0.1) is 0 Å². The molecule has 7 heteroatoms. The van der Waals surface area contributed by atoms with Gasteiger partial charge in [0.05, 0.1) is 6.54 Å². The van der Waals surface area contributed by atoms with Crippen LogP contribution in [0.2, 0.25) is 0 Å². The highest BCUT2D eigenvalue weighted by molar-refractivity contribution is 14.0. The van der Waals surface area contributed by atoms with Gasteiger partial charge in [0.2, 0.25) is 0 Å². The van der Waals surface area contributed by atoms with Gasteiger partial charge in [0.15, 0.2) is 5.96 Å². The van der Waals surface area contributed by atoms with Gasteiger partial charge in [-0.3, -0.25) is 4.99 Å². The zero-order valence-corrected chi connectivity index (χ0v) is 17.2. The van der Waals surface area contributed by atoms with E-state index in [0.29, 0.717) is 19.1 Å². The highest BCUT2D eigenvalue weighted by Gasteiger charge is 2.19. The van der Waals surface area contributed by atoms with E-state index in [0.717, 1.165) is 25.3 Å². The van der Waals surface area contributed by atoms with Crippen molar-refractivity contribution in [3.63, 3.8) is 0 Å². The predicted molar refractivity (Wildman–Crippen MR) is 106 cm³/mol. The molecule has 1 amide bonds. The van der Waals surface area contributed by atoms with Gasteiger partial charge in [-0.05, 0) is 40.5 Å². The fourth-order valence-corrected chi connectivity index (χ4v) is 1.99. The van der Waals surface area contributed by atoms with Crippen LogP contribution in [0.3, 0.4) is 0 Å². The minimum Gasteiger partial charge on any atom is -0.444 e. The van der Waals surface area contributed by atoms with E-state index in [1.54, 1.807) is 11.9 Å². The van der Waals surface area contributed by atoms with Gasteiger partial charge >= 0.3 is 6.09 Å². The van der Waals surface area contributed by atoms with E-state index in [-0.39, 0.29) is 30.1 Å². The Balaban J connectivity index is 0.00000484. The van der Waals surface area contributed by atoms with Crippen LogP contribution in [-0.4, -0.2) is 55.3 Å². The van der Waals surface area contributed by atoms with Crippen LogP contribution in [0.4, 0.5) is 4.79 Å². The largest absolute Gasteiger partial charge is 0.444 e. The number of ether oxygens (including phenoxy) is 1. The van der Waals surface area contributed by atoms with Crippen LogP contribution < -0.4 is 10.6 Å². The summed E-state index contributed by atoms with van der Waals surface area (Å²) in [6.45, 7) is 9.49. The number of carbonyl (C=O) groups excluding carboxylic acids is 1. The molecule has 0 aromatic carbocycles. The summed E-state index contributed by atoms with van der Waals surface area (Å²) in [7, 11) is 1.73. The standard InChI is InChI=1S/C16H30N4O2.HI/c1-6-17-14(19-13-9-7-8-10-13)18-11-12-20(5)15(21)22-16(2,3)4;/h7-8,13H,6,9-12H2,1-5H3,(H2,17,18,19);1H. The maximum atomic E-state index is 11.9. The molecule has 0 bridgehead atoms. The summed E-state index contributed by atoms with van der Waals surface area (Å²) in [5, 5.41) is 6.63. The van der Waals surface area contributed by atoms with Gasteiger partial charge in [-0.15, -0.1) is 24.0 Å². The number of halogens is 1. The Morgan fingerprint density at radius 2 is 1.96 bits per heavy atom. The number of nitrogens with zero attached hydrogens (tertiary/aromatic N) is 2. The molecule has 0 aromatic rings. The molecular weight excluding hydrogens is 407 g/mol. The molecule has 0 fully saturated rings. The van der Waals surface area contributed by atoms with Crippen molar-refractivity contribution in [2.75, 3.05) is 26.7 Å². The molecule has 0 atom stereocenters. The molecule has 134 valence electrons. The third-order valence-corrected chi connectivity index (χ3v) is 3.10. The molecule has 0 saturated carbocycles. The average Bonchev–Trinajstić information content (AvgIpc) is 2.89. The molecule has 0 aliphatic heterocycles. The molecule has 2 N–H and O–H groups in total. The topological polar surface area (TPSA) is 66.0 Å². The molecule has 0 spiro atoms. The van der Waals surface area contributed by atoms with E-state index in [4.69, 9.17) is 4.74 Å². The van der Waals surface area contributed by atoms with Gasteiger partial charge in [-0.2, -0.15) is 0 Å². The van der Waals surface area contributed by atoms with Gasteiger partial charge in [-0.25, -0.2) is 4.79 Å². The second kappa shape index (κ2) is 10.7. The van der Waals surface area contributed by atoms with Crippen molar-refractivity contribution in [2.45, 2.75) is 52.2 Å². The first-order valence-electron chi connectivity index (χ1n) is 7.95. The van der Waals surface area contributed by atoms with Crippen molar-refractivity contribution in [2.24, 2.45) is 4.99 Å². The lowest BCUT2D eigenvalue weighted by Gasteiger charge is -2.24. The Kier molecular flexibility index (Phi) is 10.3. The van der Waals surface area contributed by atoms with E-state index in [1.807, 2.05) is 27.7 Å². The van der Waals surface area contributed by atoms with E-state index in [2.05, 4.69) is 27.8 Å². The lowest BCUT2D eigenvalue weighted by atomic mass is 10.2. The molecule has 0 aromatic heterocycles. The monoisotopic (exact) mass is 438 g/mol. The summed E-state index contributed by atoms with van der Waals surface area (Å²) in [5.41, 5.74) is -0.472. The molecule has 1 rings (SSSR count). The predicted octanol–water partition coefficient (Wildman–Crippen LogP) is 2.75. The fourth-order valence-electron chi connectivity index (χ4n) is 1.99. The van der Waals surface area contributed by atoms with Gasteiger partial charge < -0.3 is 20.3 Å². The second-order valence-electron chi connectivity index (χ2n) is 6.45. The van der Waals surface area contributed by atoms with Gasteiger partial charge in [0, 0.05) is 26.2 Å². The van der Waals surface area contributed by atoms with E-state index >= 15 is 0 Å². The fraction of sp³-hybridized carbons (Fsp3) is 0.750. The Bertz CT molecular complexity index is 411. The minimum atomic E-state index is -0.472. The number of hydrogen-bond donors (Lipinski definition) is 2. The third kappa shape index (κ3) is 9.68. The number of guanidine groups is 1. The molecule has 23 heavy (non-hydrogen) atoms. The maximum Gasteiger partial charge on any atom is 0.410 e. The molecule has 0 unspecified atom stereocenters. The Morgan fingerprint density at radius 3 is 2.48 bits per heavy atom. The van der Waals surface area contributed by atoms with Crippen molar-refractivity contribution in [1.82, 2.24) is 15.5 Å². The summed E-state index contributed by atoms with van der Waals surface area (Å²) in [4.78, 5) is 17.9. The zero-order valence-electron chi connectivity index (χ0n) is 14.9. The SMILES string of the molecule is CCNC(=NCCN(C)C(=O)OC(C)(C)C)NC1CC=CC1.I. The van der Waals surface area contributed by atoms with Crippen LogP contribution in [-0.2, 0) is 4.74 Å². The summed E-state index contributed by atoms with van der Waals surface area (Å²) in [6.07, 6.45) is 6.10. The normalized spacial score (nSPS) is 15.1. The summed E-state index contributed by atoms with van der Waals surface area (Å²) in [6, 6.07) is 0.418. The van der Waals surface area contributed by atoms with Crippen molar-refractivity contribution in [3.05, 3.63) is 12.2 Å². The van der Waals surface area contributed by atoms with Crippen molar-refractivity contribution in [1.29, 1.82) is 0 Å². The van der Waals surface area contributed by atoms with Gasteiger partial charge in [-0.1, -0.05) is 12.2 Å². The lowest BCUT2D eigenvalue weighted by molar-refractivity contribution is 0.0304. The van der Waals surface area contributed by atoms with Crippen molar-refractivity contribution in [3.8, 4) is 0 Å². The van der Waals surface area contributed by atoms with E-state index in [1.165, 1.54) is 0 Å². The summed E-state index contributed by atoms with van der Waals surface area (Å²) in [5.74, 6) is 0.800. The number of carbonyl (C=O) groups is 1. The Hall–Kier alpha value is -0.990. The first-order chi connectivity index (χ1) is 10.3. The molecule has 1 aliphatic carbocycles. The van der Waals surface area contributed by atoms with E-state index < -0.39 is 5.60 Å². The van der Waals surface area contributed by atoms with Crippen LogP contribution in [0.1, 0.15) is 40.5 Å². The quantitative estimate of drug-likeness (QED) is 0.300. The van der Waals surface area contributed by atoms with Gasteiger partial charge in [0.25, 0.3) is 0 Å². The minimum absolute atomic E-state index is 0. The number of hydrogen-bond acceptors (Lipinski definition) is 3. The average molecular weight is 438 g/mol. The molecule has 1 aliphatic rings. The molecule has 0 saturated heterocycles. The van der Waals surface area contributed by atoms with Crippen LogP contribution in [0.5, 0.6) is 0 Å². The number of rotatable bonds is 5. The van der Waals surface area contributed by atoms with E-state index in [9.17, 15) is 4.79 Å². The first-order valence-corrected chi connectivity index (χ1v) is 7.95. The molecule has 6 nitrogen and oxygen atoms in total. The third-order valence-electron chi connectivity index (χ3n) is 3.10. The van der Waals surface area contributed by atoms with Crippen LogP contribution in [0.25, 0.3) is 0 Å². The zero-order chi connectivity index (χ0) is 16.6. The second-order valence-corrected chi connectivity index (χ2v) is 6.45. The van der Waals surface area contributed by atoms with Gasteiger partial charge in [0.1, 0.15) is 5.60 Å². The smallest absolute Gasteiger partial charge is 0.410 e. The van der Waals surface area contributed by atoms with Crippen LogP contribution in [0.15, 0.2) is 17.1 Å². The Morgan fingerprint density at radius 1 is 1.35 bits per heavy atom. The first kappa shape index (κ1) is 22.0. The highest BCUT2D eigenvalue weighted by Crippen LogP contribution is 2.09. The number of aliphatic imine (C=N–C) groups is 1. The Labute approximate surface area is 157 Å². The highest BCUT2D eigenvalue weighted by atomic mass is 127. The summed E-state index contributed by atoms with van der Waals surface area (Å²) >= 11 is 0. The van der Waals surface area contributed by atoms with Crippen LogP contribution >= 0.6 is 24.0 Å². The molecule has 0 heterocycles. The van der Waals surface area contributed by atoms with Crippen molar-refractivity contribution >= 4 is 36.0 Å². The maximum absolute atomic E-state index is 11.9. The number of nitrogens with one attached hydrogen (secondary N) is 2. The summed E-state index contributed by atoms with van der Waals surface area (Å²) < 4.78 is 5.31. The lowest BCUT2D eigenvalue weighted by Crippen LogP contribution is -2.43. The van der Waals surface area contributed by atoms with Crippen molar-refractivity contribution < 1.29 is 9.53 Å². The molecular formula is C16H31IN4O2.